The fourth-order valence-corrected chi connectivity index (χ4v) is 11.2. The second-order valence-corrected chi connectivity index (χ2v) is 25.4. The molecule has 3 aliphatic rings. The molecule has 7 rings (SSSR count). The molecular formula is C62H84Br2N12O9. The molecule has 2 unspecified atom stereocenters. The van der Waals surface area contributed by atoms with Crippen LogP contribution in [0.5, 0.6) is 0 Å². The number of fused-ring (bicyclic) bond motifs is 2. The number of nitrogens with one attached hydrogen (secondary N) is 7. The number of hydrazine groups is 2. The highest BCUT2D eigenvalue weighted by Crippen LogP contribution is 2.35. The molecule has 8 amide bonds. The van der Waals surface area contributed by atoms with Gasteiger partial charge in [-0.2, -0.15) is 0 Å². The van der Waals surface area contributed by atoms with Crippen molar-refractivity contribution in [2.45, 2.75) is 156 Å². The van der Waals surface area contributed by atoms with Gasteiger partial charge in [0.25, 0.3) is 11.8 Å². The molecule has 3 saturated heterocycles. The predicted molar refractivity (Wildman–Crippen MR) is 333 cm³/mol. The third-order valence-corrected chi connectivity index (χ3v) is 17.1. The molecule has 3 fully saturated rings. The number of benzene rings is 2. The zero-order valence-corrected chi connectivity index (χ0v) is 53.6. The van der Waals surface area contributed by atoms with Crippen molar-refractivity contribution in [1.82, 2.24) is 62.3 Å². The number of carbonyl (C=O) groups excluding carboxylic acids is 8. The van der Waals surface area contributed by atoms with E-state index >= 15 is 0 Å². The van der Waals surface area contributed by atoms with Crippen molar-refractivity contribution in [2.24, 2.45) is 22.7 Å². The van der Waals surface area contributed by atoms with Gasteiger partial charge < -0.3 is 36.6 Å². The van der Waals surface area contributed by atoms with Crippen LogP contribution < -0.4 is 37.4 Å². The summed E-state index contributed by atoms with van der Waals surface area (Å²) in [7, 11) is 0. The molecule has 0 saturated carbocycles. The van der Waals surface area contributed by atoms with E-state index in [0.717, 1.165) is 42.1 Å². The molecule has 2 aromatic heterocycles. The van der Waals surface area contributed by atoms with E-state index in [9.17, 15) is 43.5 Å². The van der Waals surface area contributed by atoms with E-state index in [2.05, 4.69) is 87.4 Å². The first-order chi connectivity index (χ1) is 40.1. The monoisotopic (exact) mass is 1300 g/mol. The van der Waals surface area contributed by atoms with Crippen LogP contribution in [-0.4, -0.2) is 140 Å². The molecule has 4 aromatic rings. The Labute approximate surface area is 515 Å². The minimum absolute atomic E-state index is 0.127. The highest BCUT2D eigenvalue weighted by atomic mass is 79.9. The lowest BCUT2D eigenvalue weighted by molar-refractivity contribution is -0.146. The summed E-state index contributed by atoms with van der Waals surface area (Å²) < 4.78 is 1.85. The first-order valence-electron chi connectivity index (χ1n) is 29.1. The summed E-state index contributed by atoms with van der Waals surface area (Å²) in [5.41, 5.74) is 7.43. The largest absolute Gasteiger partial charge is 0.396 e. The number of hydrogen-bond donors (Lipinski definition) is 8. The van der Waals surface area contributed by atoms with E-state index in [0.29, 0.717) is 51.7 Å². The SMILES string of the molecule is C=CC(C)(CCO)C(=O)N[C@H](C(=O)N[C@@H](C)C(=O)N1CCC[C@@H](C(=O)N[C@H](C)c2ccc3ccc(Br)cc3n2)N1)C(C)C.C=CC1(C)CCN([C@H](C(=O)N[C@@H](C)C(=O)N2CCC[C@@H](C(=O)N[C@H](C)c3ccc4ccc(Br)cc4n3)N2)C(C)C)C1=O. The number of aliphatic hydroxyl groups excluding tert-OH is 1. The topological polar surface area (TPSA) is 276 Å². The first-order valence-corrected chi connectivity index (χ1v) is 30.7. The second-order valence-electron chi connectivity index (χ2n) is 23.5. The van der Waals surface area contributed by atoms with Crippen LogP contribution in [-0.2, 0) is 38.4 Å². The van der Waals surface area contributed by atoms with Gasteiger partial charge in [0.1, 0.15) is 36.3 Å². The van der Waals surface area contributed by atoms with Crippen LogP contribution in [0.15, 0.2) is 94.9 Å². The van der Waals surface area contributed by atoms with Crippen LogP contribution >= 0.6 is 31.9 Å². The first kappa shape index (κ1) is 67.5. The normalized spacial score (nSPS) is 20.8. The number of carbonyl (C=O) groups is 8. The van der Waals surface area contributed by atoms with E-state index in [-0.39, 0.29) is 66.5 Å². The van der Waals surface area contributed by atoms with Gasteiger partial charge in [-0.25, -0.2) is 10.9 Å². The Balaban J connectivity index is 0.000000272. The van der Waals surface area contributed by atoms with Gasteiger partial charge in [-0.3, -0.25) is 58.3 Å². The molecule has 10 atom stereocenters. The Morgan fingerprint density at radius 3 is 1.56 bits per heavy atom. The van der Waals surface area contributed by atoms with Crippen LogP contribution in [0.1, 0.15) is 131 Å². The molecule has 21 nitrogen and oxygen atoms in total. The van der Waals surface area contributed by atoms with Gasteiger partial charge in [0.2, 0.25) is 35.4 Å². The minimum atomic E-state index is -1.05. The van der Waals surface area contributed by atoms with E-state index in [1.807, 2.05) is 95.3 Å². The standard InChI is InChI=1S/C31H43BrN6O5.C31H41BrN6O4/c1-7-31(6,14-16-39)30(43)36-26(18(2)3)28(41)34-20(5)29(42)38-15-8-9-24(37-38)27(40)33-19(4)23-13-11-21-10-12-22(32)17-25(21)35-23;1-7-31(6)14-16-37(30(31)42)26(18(2)3)28(40)34-20(5)29(41)38-15-8-9-24(36-38)27(39)33-19(4)23-13-11-21-10-12-22(32)17-25(21)35-23/h7,10-13,17-20,24,26,37,39H,1,8-9,14-16H2,2-6H3,(H,33,40)(H,34,41)(H,36,43);7,10-13,17-20,24,26,36H,1,8-9,14-16H2,2-6H3,(H,33,39)(H,34,40)/t2*19-,20+,24+,26+,31?/m11/s1. The molecule has 3 aliphatic heterocycles. The van der Waals surface area contributed by atoms with Gasteiger partial charge in [-0.15, -0.1) is 13.2 Å². The molecule has 0 radical (unpaired) electrons. The number of likely N-dealkylation sites (tertiary alicyclic amines) is 1. The third-order valence-electron chi connectivity index (χ3n) is 16.1. The van der Waals surface area contributed by atoms with Gasteiger partial charge in [0.05, 0.1) is 45.3 Å². The molecule has 23 heteroatoms. The molecule has 0 aliphatic carbocycles. The van der Waals surface area contributed by atoms with Gasteiger partial charge in [0.15, 0.2) is 0 Å². The molecule has 460 valence electrons. The number of nitrogens with zero attached hydrogens (tertiary/aromatic N) is 5. The number of amides is 8. The van der Waals surface area contributed by atoms with Crippen molar-refractivity contribution in [3.63, 3.8) is 0 Å². The molecule has 2 aromatic carbocycles. The third kappa shape index (κ3) is 16.9. The lowest BCUT2D eigenvalue weighted by Gasteiger charge is -2.36. The van der Waals surface area contributed by atoms with Crippen molar-refractivity contribution in [3.05, 3.63) is 106 Å². The van der Waals surface area contributed by atoms with Crippen LogP contribution in [0, 0.1) is 22.7 Å². The fourth-order valence-electron chi connectivity index (χ4n) is 10.5. The van der Waals surface area contributed by atoms with Crippen LogP contribution in [0.25, 0.3) is 21.8 Å². The quantitative estimate of drug-likeness (QED) is 0.0414. The van der Waals surface area contributed by atoms with E-state index in [1.54, 1.807) is 45.6 Å². The smallest absolute Gasteiger partial charge is 0.258 e. The maximum absolute atomic E-state index is 13.3. The Morgan fingerprint density at radius 2 is 1.15 bits per heavy atom. The van der Waals surface area contributed by atoms with Crippen molar-refractivity contribution in [1.29, 1.82) is 0 Å². The summed E-state index contributed by atoms with van der Waals surface area (Å²) in [4.78, 5) is 116. The number of halogens is 2. The van der Waals surface area contributed by atoms with Crippen molar-refractivity contribution < 1.29 is 43.5 Å². The summed E-state index contributed by atoms with van der Waals surface area (Å²) in [5.74, 6) is -3.08. The predicted octanol–water partition coefficient (Wildman–Crippen LogP) is 6.51. The van der Waals surface area contributed by atoms with Crippen molar-refractivity contribution in [2.75, 3.05) is 26.2 Å². The van der Waals surface area contributed by atoms with E-state index < -0.39 is 64.8 Å². The number of pyridine rings is 2. The summed E-state index contributed by atoms with van der Waals surface area (Å²) in [6.45, 7) is 26.3. The van der Waals surface area contributed by atoms with Gasteiger partial charge >= 0.3 is 0 Å². The van der Waals surface area contributed by atoms with Crippen molar-refractivity contribution >= 4 is 101 Å². The number of aliphatic hydroxyl groups is 1. The Bertz CT molecular complexity index is 3150. The number of hydrogen-bond acceptors (Lipinski definition) is 13. The maximum atomic E-state index is 13.3. The Kier molecular flexibility index (Phi) is 23.5. The van der Waals surface area contributed by atoms with Crippen LogP contribution in [0.2, 0.25) is 0 Å². The molecular weight excluding hydrogens is 1220 g/mol. The number of aromatic nitrogens is 2. The Morgan fingerprint density at radius 1 is 0.694 bits per heavy atom. The summed E-state index contributed by atoms with van der Waals surface area (Å²) in [5, 5.41) is 28.4. The van der Waals surface area contributed by atoms with E-state index in [1.165, 1.54) is 16.1 Å². The Hall–Kier alpha value is -6.66. The molecule has 85 heavy (non-hydrogen) atoms. The number of rotatable bonds is 21. The highest BCUT2D eigenvalue weighted by Gasteiger charge is 2.46. The maximum Gasteiger partial charge on any atom is 0.258 e. The van der Waals surface area contributed by atoms with Crippen LogP contribution in [0.3, 0.4) is 0 Å². The molecule has 0 bridgehead atoms. The minimum Gasteiger partial charge on any atom is -0.396 e. The lowest BCUT2D eigenvalue weighted by atomic mass is 9.85. The lowest BCUT2D eigenvalue weighted by Crippen LogP contribution is -2.62. The molecule has 8 N–H and O–H groups in total. The van der Waals surface area contributed by atoms with Crippen molar-refractivity contribution in [3.8, 4) is 0 Å². The van der Waals surface area contributed by atoms with E-state index in [4.69, 9.17) is 4.98 Å². The summed E-state index contributed by atoms with van der Waals surface area (Å²) >= 11 is 6.94. The fraction of sp³-hybridized carbons (Fsp3) is 0.516. The summed E-state index contributed by atoms with van der Waals surface area (Å²) in [6, 6.07) is 14.1. The van der Waals surface area contributed by atoms with Gasteiger partial charge in [0, 0.05) is 46.0 Å². The second kappa shape index (κ2) is 29.6. The molecule has 5 heterocycles. The van der Waals surface area contributed by atoms with Crippen LogP contribution in [0.4, 0.5) is 0 Å². The van der Waals surface area contributed by atoms with Gasteiger partial charge in [-0.05, 0) is 128 Å². The average molecular weight is 1300 g/mol. The highest BCUT2D eigenvalue weighted by molar-refractivity contribution is 9.10. The summed E-state index contributed by atoms with van der Waals surface area (Å²) in [6.07, 6.45) is 6.18. The zero-order valence-electron chi connectivity index (χ0n) is 50.4. The zero-order chi connectivity index (χ0) is 62.7. The van der Waals surface area contributed by atoms with Gasteiger partial charge in [-0.1, -0.05) is 96.0 Å². The average Bonchev–Trinajstić information content (AvgIpc) is 3.74. The molecule has 0 spiro atoms.